The summed E-state index contributed by atoms with van der Waals surface area (Å²) in [6, 6.07) is 4.71. The Kier molecular flexibility index (Phi) is 5.98. The molecule has 0 radical (unpaired) electrons. The van der Waals surface area contributed by atoms with E-state index in [1.807, 2.05) is 13.0 Å². The first-order chi connectivity index (χ1) is 14.8. The third-order valence-corrected chi connectivity index (χ3v) is 7.68. The van der Waals surface area contributed by atoms with Gasteiger partial charge in [-0.2, -0.15) is 5.10 Å². The molecule has 0 aliphatic carbocycles. The second kappa shape index (κ2) is 8.54. The lowest BCUT2D eigenvalue weighted by Crippen LogP contribution is -2.52. The summed E-state index contributed by atoms with van der Waals surface area (Å²) in [4.78, 5) is 15.2. The van der Waals surface area contributed by atoms with Gasteiger partial charge in [-0.1, -0.05) is 24.0 Å². The van der Waals surface area contributed by atoms with Crippen molar-refractivity contribution in [2.45, 2.75) is 32.7 Å². The molecule has 1 saturated heterocycles. The van der Waals surface area contributed by atoms with E-state index in [-0.39, 0.29) is 11.7 Å². The van der Waals surface area contributed by atoms with Crippen LogP contribution in [0, 0.1) is 5.92 Å². The van der Waals surface area contributed by atoms with Crippen LogP contribution in [-0.4, -0.2) is 59.9 Å². The lowest BCUT2D eigenvalue weighted by atomic mass is 9.96. The maximum absolute atomic E-state index is 13.1. The van der Waals surface area contributed by atoms with Crippen LogP contribution in [0.4, 0.5) is 14.6 Å². The first-order valence-electron chi connectivity index (χ1n) is 10.3. The number of nitrogens with zero attached hydrogens (tertiary/aromatic N) is 6. The maximum Gasteiger partial charge on any atom is 0.282 e. The van der Waals surface area contributed by atoms with Gasteiger partial charge in [-0.15, -0.1) is 0 Å². The number of aromatic nitrogens is 5. The fraction of sp³-hybridized carbons (Fsp3) is 0.500. The fourth-order valence-electron chi connectivity index (χ4n) is 3.95. The fourth-order valence-corrected chi connectivity index (χ4v) is 5.09. The number of nitrogens with one attached hydrogen (secondary N) is 1. The van der Waals surface area contributed by atoms with Gasteiger partial charge in [0.2, 0.25) is 0 Å². The molecule has 0 aromatic carbocycles. The Morgan fingerprint density at radius 1 is 1.26 bits per heavy atom. The van der Waals surface area contributed by atoms with Gasteiger partial charge in [0, 0.05) is 37.2 Å². The molecule has 0 spiro atoms. The molecule has 0 bridgehead atoms. The van der Waals surface area contributed by atoms with E-state index in [2.05, 4.69) is 36.6 Å². The molecule has 1 fully saturated rings. The number of thiol groups is 1. The number of halogens is 2. The first-order valence-corrected chi connectivity index (χ1v) is 12.6. The second-order valence-electron chi connectivity index (χ2n) is 8.22. The molecule has 4 heterocycles. The number of fused-ring (bicyclic) bond motifs is 1. The third kappa shape index (κ3) is 4.72. The van der Waals surface area contributed by atoms with Crippen molar-refractivity contribution in [2.75, 3.05) is 30.0 Å². The molecule has 0 saturated carbocycles. The number of hydrogen-bond acceptors (Lipinski definition) is 6. The Hall–Kier alpha value is -2.53. The van der Waals surface area contributed by atoms with Crippen molar-refractivity contribution < 1.29 is 13.0 Å². The molecule has 1 N–H and O–H groups in total. The van der Waals surface area contributed by atoms with E-state index in [9.17, 15) is 13.0 Å². The van der Waals surface area contributed by atoms with Crippen molar-refractivity contribution >= 4 is 21.6 Å². The van der Waals surface area contributed by atoms with Gasteiger partial charge in [-0.3, -0.25) is 8.93 Å². The van der Waals surface area contributed by atoms with Gasteiger partial charge >= 0.3 is 0 Å². The second-order valence-corrected chi connectivity index (χ2v) is 11.3. The van der Waals surface area contributed by atoms with E-state index in [0.29, 0.717) is 35.3 Å². The third-order valence-electron chi connectivity index (χ3n) is 5.56. The zero-order chi connectivity index (χ0) is 22.2. The summed E-state index contributed by atoms with van der Waals surface area (Å²) in [5, 5.41) is 4.02. The van der Waals surface area contributed by atoms with Gasteiger partial charge in [-0.25, -0.2) is 28.2 Å². The van der Waals surface area contributed by atoms with Gasteiger partial charge in [-0.05, 0) is 24.5 Å². The van der Waals surface area contributed by atoms with Gasteiger partial charge in [0.15, 0.2) is 5.65 Å². The molecule has 2 unspecified atom stereocenters. The van der Waals surface area contributed by atoms with E-state index in [1.54, 1.807) is 12.5 Å². The van der Waals surface area contributed by atoms with Crippen LogP contribution in [0.1, 0.15) is 32.4 Å². The molecular formula is C20H27F2N7OS. The number of piperidine rings is 1. The van der Waals surface area contributed by atoms with Gasteiger partial charge in [0.05, 0.1) is 11.9 Å². The molecule has 2 atom stereocenters. The molecule has 168 valence electrons. The van der Waals surface area contributed by atoms with E-state index < -0.39 is 16.5 Å². The summed E-state index contributed by atoms with van der Waals surface area (Å²) in [5.74, 6) is 1.73. The van der Waals surface area contributed by atoms with E-state index in [4.69, 9.17) is 0 Å². The van der Waals surface area contributed by atoms with Crippen molar-refractivity contribution in [1.82, 2.24) is 29.3 Å². The highest BCUT2D eigenvalue weighted by Gasteiger charge is 2.28. The largest absolute Gasteiger partial charge is 0.355 e. The highest BCUT2D eigenvalue weighted by atomic mass is 32.3. The van der Waals surface area contributed by atoms with E-state index >= 15 is 0 Å². The monoisotopic (exact) mass is 451 g/mol. The summed E-state index contributed by atoms with van der Waals surface area (Å²) in [7, 11) is -2.37. The van der Waals surface area contributed by atoms with Crippen molar-refractivity contribution in [2.24, 2.45) is 5.92 Å². The average molecular weight is 452 g/mol. The predicted octanol–water partition coefficient (Wildman–Crippen LogP) is 2.51. The quantitative estimate of drug-likeness (QED) is 0.560. The minimum Gasteiger partial charge on any atom is -0.355 e. The van der Waals surface area contributed by atoms with Crippen LogP contribution in [0.25, 0.3) is 17.0 Å². The first kappa shape index (κ1) is 21.7. The Labute approximate surface area is 180 Å². The topological polar surface area (TPSA) is 88.3 Å². The maximum atomic E-state index is 13.1. The Morgan fingerprint density at radius 3 is 2.81 bits per heavy atom. The van der Waals surface area contributed by atoms with Crippen LogP contribution in [0.2, 0.25) is 0 Å². The highest BCUT2D eigenvalue weighted by molar-refractivity contribution is 8.00. The zero-order valence-electron chi connectivity index (χ0n) is 17.7. The zero-order valence-corrected chi connectivity index (χ0v) is 18.6. The smallest absolute Gasteiger partial charge is 0.282 e. The normalized spacial score (nSPS) is 20.5. The van der Waals surface area contributed by atoms with E-state index in [0.717, 1.165) is 18.8 Å². The van der Waals surface area contributed by atoms with Gasteiger partial charge < -0.3 is 4.90 Å². The van der Waals surface area contributed by atoms with E-state index in [1.165, 1.54) is 23.0 Å². The Balaban J connectivity index is 1.63. The van der Waals surface area contributed by atoms with Crippen LogP contribution < -0.4 is 9.62 Å². The number of rotatable bonds is 6. The summed E-state index contributed by atoms with van der Waals surface area (Å²) >= 11 is 0. The van der Waals surface area contributed by atoms with Crippen molar-refractivity contribution in [3.8, 4) is 11.4 Å². The average Bonchev–Trinajstić information content (AvgIpc) is 3.16. The molecule has 8 nitrogen and oxygen atoms in total. The lowest BCUT2D eigenvalue weighted by molar-refractivity contribution is 0.144. The number of hydrogen-bond donors (Lipinski definition) is 2. The number of anilines is 1. The molecule has 31 heavy (non-hydrogen) atoms. The molecule has 1 aliphatic heterocycles. The van der Waals surface area contributed by atoms with Crippen molar-refractivity contribution in [3.05, 3.63) is 36.4 Å². The summed E-state index contributed by atoms with van der Waals surface area (Å²) in [5.41, 5.74) is 1.22. The molecule has 3 aromatic rings. The summed E-state index contributed by atoms with van der Waals surface area (Å²) < 4.78 is 43.5. The van der Waals surface area contributed by atoms with Crippen LogP contribution in [0.3, 0.4) is 0 Å². The van der Waals surface area contributed by atoms with Gasteiger partial charge in [0.25, 0.3) is 6.43 Å². The Morgan fingerprint density at radius 2 is 2.06 bits per heavy atom. The number of imidazole rings is 1. The highest BCUT2D eigenvalue weighted by Crippen LogP contribution is 2.26. The molecule has 0 amide bonds. The molecule has 1 aliphatic rings. The van der Waals surface area contributed by atoms with Crippen LogP contribution in [-0.2, 0) is 10.1 Å². The van der Waals surface area contributed by atoms with Crippen molar-refractivity contribution in [1.29, 1.82) is 0 Å². The summed E-state index contributed by atoms with van der Waals surface area (Å²) in [6.07, 6.45) is 3.09. The minimum atomic E-state index is -2.67. The number of alkyl halides is 2. The standard InChI is InChI=1S/C20H27F2N7OS/c1-4-31(3,30)27-14-7-13(2)10-28(11-14)19-8-16(24-12-25-19)17-9-23-18-6-5-15(20(21)22)26-29(17)18/h5-6,8-9,12-14,20,31H,4,7,10-11H2,1-3H3,(H,27,30). The van der Waals surface area contributed by atoms with Crippen LogP contribution >= 0.6 is 0 Å². The van der Waals surface area contributed by atoms with Crippen molar-refractivity contribution in [3.63, 3.8) is 0 Å². The summed E-state index contributed by atoms with van der Waals surface area (Å²) in [6.45, 7) is 5.59. The minimum absolute atomic E-state index is 0.101. The molecule has 3 aromatic heterocycles. The SMILES string of the molecule is CC[SH](C)(=O)NC1CC(C)CN(c2cc(-c3cnc4ccc(C(F)F)nn34)ncn2)C1. The Bertz CT molecular complexity index is 1120. The van der Waals surface area contributed by atoms with Crippen LogP contribution in [0.5, 0.6) is 0 Å². The molecule has 4 rings (SSSR count). The van der Waals surface area contributed by atoms with Crippen LogP contribution in [0.15, 0.2) is 30.7 Å². The lowest BCUT2D eigenvalue weighted by Gasteiger charge is -2.39. The van der Waals surface area contributed by atoms with Gasteiger partial charge in [0.1, 0.15) is 23.5 Å². The molecular weight excluding hydrogens is 424 g/mol. The molecule has 11 heteroatoms. The predicted molar refractivity (Wildman–Crippen MR) is 118 cm³/mol.